The molecule has 5 nitrogen and oxygen atoms in total. The Bertz CT molecular complexity index is 515. The van der Waals surface area contributed by atoms with Crippen molar-refractivity contribution in [1.29, 1.82) is 0 Å². The van der Waals surface area contributed by atoms with Gasteiger partial charge in [0.25, 0.3) is 5.91 Å². The predicted octanol–water partition coefficient (Wildman–Crippen LogP) is 1.36. The average molecular weight is 276 g/mol. The zero-order valence-electron chi connectivity index (χ0n) is 12.5. The minimum atomic E-state index is -0.417. The number of aromatic nitrogens is 1. The highest BCUT2D eigenvalue weighted by atomic mass is 16.1. The van der Waals surface area contributed by atoms with Crippen molar-refractivity contribution >= 4 is 11.6 Å². The topological polar surface area (TPSA) is 85.2 Å². The van der Waals surface area contributed by atoms with Crippen molar-refractivity contribution in [3.05, 3.63) is 23.0 Å². The Morgan fingerprint density at radius 1 is 1.45 bits per heavy atom. The molecule has 1 aliphatic carbocycles. The summed E-state index contributed by atoms with van der Waals surface area (Å²) in [6.07, 6.45) is 3.45. The summed E-state index contributed by atoms with van der Waals surface area (Å²) in [6.45, 7) is 4.45. The zero-order chi connectivity index (χ0) is 14.9. The number of nitrogens with two attached hydrogens (primary N) is 2. The van der Waals surface area contributed by atoms with E-state index >= 15 is 0 Å². The monoisotopic (exact) mass is 276 g/mol. The van der Waals surface area contributed by atoms with Gasteiger partial charge in [0.15, 0.2) is 0 Å². The molecule has 5 heteroatoms. The molecule has 0 spiro atoms. The molecule has 1 heterocycles. The zero-order valence-corrected chi connectivity index (χ0v) is 12.5. The summed E-state index contributed by atoms with van der Waals surface area (Å²) in [6, 6.07) is 2.32. The predicted molar refractivity (Wildman–Crippen MR) is 80.8 cm³/mol. The van der Waals surface area contributed by atoms with Crippen molar-refractivity contribution in [2.45, 2.75) is 39.2 Å². The molecule has 2 unspecified atom stereocenters. The highest BCUT2D eigenvalue weighted by Crippen LogP contribution is 2.33. The van der Waals surface area contributed by atoms with Crippen LogP contribution in [-0.2, 0) is 0 Å². The number of nitrogens with zero attached hydrogens (tertiary/aromatic N) is 2. The number of hydrogen-bond donors (Lipinski definition) is 2. The van der Waals surface area contributed by atoms with E-state index in [1.165, 1.54) is 6.42 Å². The van der Waals surface area contributed by atoms with Gasteiger partial charge < -0.3 is 16.4 Å². The Kier molecular flexibility index (Phi) is 4.28. The summed E-state index contributed by atoms with van der Waals surface area (Å²) in [5.41, 5.74) is 14.4. The Hall–Kier alpha value is -1.62. The average Bonchev–Trinajstić information content (AvgIpc) is 2.84. The number of rotatable bonds is 4. The lowest BCUT2D eigenvalue weighted by Crippen LogP contribution is -2.39. The van der Waals surface area contributed by atoms with Gasteiger partial charge in [-0.05, 0) is 45.2 Å². The Morgan fingerprint density at radius 2 is 2.15 bits per heavy atom. The van der Waals surface area contributed by atoms with E-state index in [1.807, 2.05) is 27.0 Å². The number of amides is 1. The van der Waals surface area contributed by atoms with Crippen LogP contribution in [-0.4, -0.2) is 30.5 Å². The fourth-order valence-corrected chi connectivity index (χ4v) is 3.37. The van der Waals surface area contributed by atoms with Crippen LogP contribution in [0.4, 0.5) is 5.69 Å². The van der Waals surface area contributed by atoms with Crippen molar-refractivity contribution in [1.82, 2.24) is 4.98 Å². The number of pyridine rings is 1. The second-order valence-electron chi connectivity index (χ2n) is 5.71. The summed E-state index contributed by atoms with van der Waals surface area (Å²) >= 11 is 0. The number of hydrogen-bond acceptors (Lipinski definition) is 4. The molecular weight excluding hydrogens is 252 g/mol. The van der Waals surface area contributed by atoms with Crippen LogP contribution in [0.25, 0.3) is 0 Å². The quantitative estimate of drug-likeness (QED) is 0.869. The van der Waals surface area contributed by atoms with Crippen LogP contribution < -0.4 is 16.4 Å². The Balaban J connectivity index is 2.43. The fourth-order valence-electron chi connectivity index (χ4n) is 3.37. The molecular formula is C15H24N4O. The van der Waals surface area contributed by atoms with E-state index in [0.29, 0.717) is 29.8 Å². The van der Waals surface area contributed by atoms with Gasteiger partial charge in [-0.1, -0.05) is 6.42 Å². The summed E-state index contributed by atoms with van der Waals surface area (Å²) in [4.78, 5) is 18.3. The minimum Gasteiger partial charge on any atom is -0.371 e. The van der Waals surface area contributed by atoms with E-state index in [9.17, 15) is 4.79 Å². The van der Waals surface area contributed by atoms with E-state index in [-0.39, 0.29) is 0 Å². The lowest BCUT2D eigenvalue weighted by Gasteiger charge is -2.32. The molecule has 0 aromatic carbocycles. The normalized spacial score (nSPS) is 22.0. The summed E-state index contributed by atoms with van der Waals surface area (Å²) in [5.74, 6) is 0.0636. The number of anilines is 1. The lowest BCUT2D eigenvalue weighted by atomic mass is 10.0. The molecule has 1 aliphatic rings. The molecule has 1 amide bonds. The molecule has 20 heavy (non-hydrogen) atoms. The maximum atomic E-state index is 11.8. The second-order valence-corrected chi connectivity index (χ2v) is 5.71. The summed E-state index contributed by atoms with van der Waals surface area (Å²) in [5, 5.41) is 0. The summed E-state index contributed by atoms with van der Waals surface area (Å²) < 4.78 is 0. The Labute approximate surface area is 120 Å². The van der Waals surface area contributed by atoms with Crippen LogP contribution in [0.2, 0.25) is 0 Å². The van der Waals surface area contributed by atoms with Crippen LogP contribution in [0.3, 0.4) is 0 Å². The number of aryl methyl sites for hydroxylation is 2. The van der Waals surface area contributed by atoms with Gasteiger partial charge in [0, 0.05) is 18.8 Å². The van der Waals surface area contributed by atoms with E-state index in [0.717, 1.165) is 24.2 Å². The first kappa shape index (κ1) is 14.8. The highest BCUT2D eigenvalue weighted by Gasteiger charge is 2.31. The van der Waals surface area contributed by atoms with Gasteiger partial charge in [0.05, 0.1) is 16.9 Å². The van der Waals surface area contributed by atoms with Gasteiger partial charge in [-0.3, -0.25) is 9.78 Å². The van der Waals surface area contributed by atoms with Crippen molar-refractivity contribution in [3.63, 3.8) is 0 Å². The SMILES string of the molecule is Cc1cc(N(C)C2CCCC2CN)c(C(N)=O)c(C)n1. The first-order valence-electron chi connectivity index (χ1n) is 7.16. The number of carbonyl (C=O) groups is 1. The van der Waals surface area contributed by atoms with Crippen molar-refractivity contribution in [2.24, 2.45) is 17.4 Å². The standard InChI is InChI=1S/C15H24N4O/c1-9-7-13(14(15(17)20)10(2)18-9)19(3)12-6-4-5-11(12)8-16/h7,11-12H,4-6,8,16H2,1-3H3,(H2,17,20). The number of carbonyl (C=O) groups excluding carboxylic acids is 1. The molecule has 4 N–H and O–H groups in total. The van der Waals surface area contributed by atoms with Crippen molar-refractivity contribution in [2.75, 3.05) is 18.5 Å². The van der Waals surface area contributed by atoms with Gasteiger partial charge in [-0.15, -0.1) is 0 Å². The van der Waals surface area contributed by atoms with Gasteiger partial charge in [-0.25, -0.2) is 0 Å². The second kappa shape index (κ2) is 5.79. The molecule has 2 rings (SSSR count). The van der Waals surface area contributed by atoms with Crippen molar-refractivity contribution < 1.29 is 4.79 Å². The molecule has 1 aromatic heterocycles. The molecule has 0 saturated heterocycles. The summed E-state index contributed by atoms with van der Waals surface area (Å²) in [7, 11) is 2.03. The fraction of sp³-hybridized carbons (Fsp3) is 0.600. The van der Waals surface area contributed by atoms with Gasteiger partial charge in [0.1, 0.15) is 0 Å². The van der Waals surface area contributed by atoms with Crippen LogP contribution in [0.1, 0.15) is 41.0 Å². The lowest BCUT2D eigenvalue weighted by molar-refractivity contribution is 0.0999. The van der Waals surface area contributed by atoms with E-state index < -0.39 is 5.91 Å². The maximum absolute atomic E-state index is 11.8. The largest absolute Gasteiger partial charge is 0.371 e. The number of primary amides is 1. The first-order chi connectivity index (χ1) is 9.45. The molecule has 110 valence electrons. The molecule has 2 atom stereocenters. The molecule has 0 bridgehead atoms. The molecule has 0 radical (unpaired) electrons. The molecule has 0 aliphatic heterocycles. The third kappa shape index (κ3) is 2.63. The van der Waals surface area contributed by atoms with Gasteiger partial charge in [-0.2, -0.15) is 0 Å². The van der Waals surface area contributed by atoms with Crippen LogP contribution >= 0.6 is 0 Å². The third-order valence-corrected chi connectivity index (χ3v) is 4.35. The molecule has 1 saturated carbocycles. The molecule has 1 aromatic rings. The van der Waals surface area contributed by atoms with Gasteiger partial charge >= 0.3 is 0 Å². The first-order valence-corrected chi connectivity index (χ1v) is 7.16. The minimum absolute atomic E-state index is 0.374. The van der Waals surface area contributed by atoms with E-state index in [2.05, 4.69) is 9.88 Å². The Morgan fingerprint density at radius 3 is 2.75 bits per heavy atom. The molecule has 1 fully saturated rings. The van der Waals surface area contributed by atoms with E-state index in [1.54, 1.807) is 0 Å². The van der Waals surface area contributed by atoms with Crippen LogP contribution in [0.15, 0.2) is 6.07 Å². The maximum Gasteiger partial charge on any atom is 0.252 e. The van der Waals surface area contributed by atoms with E-state index in [4.69, 9.17) is 11.5 Å². The van der Waals surface area contributed by atoms with Crippen LogP contribution in [0.5, 0.6) is 0 Å². The smallest absolute Gasteiger partial charge is 0.252 e. The van der Waals surface area contributed by atoms with Crippen molar-refractivity contribution in [3.8, 4) is 0 Å². The van der Waals surface area contributed by atoms with Gasteiger partial charge in [0.2, 0.25) is 0 Å². The highest BCUT2D eigenvalue weighted by molar-refractivity contribution is 5.99. The third-order valence-electron chi connectivity index (χ3n) is 4.35. The van der Waals surface area contributed by atoms with Crippen LogP contribution in [0, 0.1) is 19.8 Å².